The van der Waals surface area contributed by atoms with Gasteiger partial charge in [0.1, 0.15) is 11.5 Å². The summed E-state index contributed by atoms with van der Waals surface area (Å²) < 4.78 is 35.7. The molecule has 9 nitrogen and oxygen atoms in total. The molecule has 0 atom stereocenters. The van der Waals surface area contributed by atoms with E-state index in [0.717, 1.165) is 18.0 Å². The number of hydrogen-bond donors (Lipinski definition) is 2. The summed E-state index contributed by atoms with van der Waals surface area (Å²) >= 11 is 6.72. The van der Waals surface area contributed by atoms with E-state index in [2.05, 4.69) is 15.3 Å². The molecule has 0 spiro atoms. The summed E-state index contributed by atoms with van der Waals surface area (Å²) in [7, 11) is -1.08. The molecular formula is C20H18ClN3O6S2. The van der Waals surface area contributed by atoms with E-state index in [1.807, 2.05) is 0 Å². The van der Waals surface area contributed by atoms with Gasteiger partial charge < -0.3 is 19.8 Å². The van der Waals surface area contributed by atoms with E-state index >= 15 is 0 Å². The maximum Gasteiger partial charge on any atom is 0.270 e. The predicted octanol–water partition coefficient (Wildman–Crippen LogP) is 3.00. The van der Waals surface area contributed by atoms with Gasteiger partial charge in [0.2, 0.25) is 15.7 Å². The number of carbonyl (C=O) groups excluding carboxylic acids is 1. The Hall–Kier alpha value is -3.02. The van der Waals surface area contributed by atoms with Gasteiger partial charge in [-0.25, -0.2) is 13.4 Å². The third-order valence-corrected chi connectivity index (χ3v) is 7.08. The summed E-state index contributed by atoms with van der Waals surface area (Å²) in [4.78, 5) is 30.4. The molecule has 1 heterocycles. The first-order valence-corrected chi connectivity index (χ1v) is 11.8. The maximum absolute atomic E-state index is 12.7. The van der Waals surface area contributed by atoms with E-state index in [4.69, 9.17) is 21.1 Å². The van der Waals surface area contributed by atoms with Crippen LogP contribution >= 0.6 is 23.4 Å². The Kier molecular flexibility index (Phi) is 7.44. The van der Waals surface area contributed by atoms with E-state index in [0.29, 0.717) is 22.2 Å². The van der Waals surface area contributed by atoms with Gasteiger partial charge in [0, 0.05) is 11.1 Å². The molecule has 3 rings (SSSR count). The SMILES string of the molecule is COc1ccc(NC(=O)CSc2ncc(S(=O)(=O)c3ccc(Cl)cc3)c(=O)[nH]2)c(OC)c1. The van der Waals surface area contributed by atoms with Crippen molar-refractivity contribution < 1.29 is 22.7 Å². The molecule has 1 amide bonds. The Morgan fingerprint density at radius 1 is 1.16 bits per heavy atom. The zero-order chi connectivity index (χ0) is 23.3. The van der Waals surface area contributed by atoms with Crippen molar-refractivity contribution in [1.82, 2.24) is 9.97 Å². The highest BCUT2D eigenvalue weighted by Crippen LogP contribution is 2.29. The van der Waals surface area contributed by atoms with Crippen LogP contribution in [0.4, 0.5) is 5.69 Å². The molecule has 0 aliphatic heterocycles. The van der Waals surface area contributed by atoms with Gasteiger partial charge in [-0.15, -0.1) is 0 Å². The zero-order valence-electron chi connectivity index (χ0n) is 16.9. The molecule has 0 aliphatic rings. The fourth-order valence-electron chi connectivity index (χ4n) is 2.59. The number of nitrogens with one attached hydrogen (secondary N) is 2. The topological polar surface area (TPSA) is 127 Å². The van der Waals surface area contributed by atoms with Crippen LogP contribution in [-0.2, 0) is 14.6 Å². The van der Waals surface area contributed by atoms with Gasteiger partial charge >= 0.3 is 0 Å². The molecular weight excluding hydrogens is 478 g/mol. The fourth-order valence-corrected chi connectivity index (χ4v) is 4.59. The first-order chi connectivity index (χ1) is 15.2. The highest BCUT2D eigenvalue weighted by atomic mass is 35.5. The second kappa shape index (κ2) is 10.1. The van der Waals surface area contributed by atoms with Crippen LogP contribution in [0.15, 0.2) is 68.4 Å². The summed E-state index contributed by atoms with van der Waals surface area (Å²) in [5, 5.41) is 3.16. The van der Waals surface area contributed by atoms with Crippen LogP contribution in [0.1, 0.15) is 0 Å². The number of aromatic amines is 1. The number of halogens is 1. The van der Waals surface area contributed by atoms with E-state index in [9.17, 15) is 18.0 Å². The first-order valence-electron chi connectivity index (χ1n) is 8.99. The lowest BCUT2D eigenvalue weighted by molar-refractivity contribution is -0.113. The standard InChI is InChI=1S/C20H18ClN3O6S2/c1-29-13-5-8-15(16(9-13)30-2)23-18(25)11-31-20-22-10-17(19(26)24-20)32(27,28)14-6-3-12(21)4-7-14/h3-10H,11H2,1-2H3,(H,23,25)(H,22,24,26). The lowest BCUT2D eigenvalue weighted by Crippen LogP contribution is -2.20. The number of nitrogens with zero attached hydrogens (tertiary/aromatic N) is 1. The Balaban J connectivity index is 1.69. The number of rotatable bonds is 8. The smallest absolute Gasteiger partial charge is 0.270 e. The van der Waals surface area contributed by atoms with Crippen LogP contribution in [0.5, 0.6) is 11.5 Å². The molecule has 0 saturated carbocycles. The molecule has 0 unspecified atom stereocenters. The minimum atomic E-state index is -4.07. The molecule has 0 fully saturated rings. The Morgan fingerprint density at radius 3 is 2.50 bits per heavy atom. The third-order valence-electron chi connectivity index (χ3n) is 4.18. The van der Waals surface area contributed by atoms with Gasteiger partial charge in [-0.05, 0) is 36.4 Å². The molecule has 0 saturated heterocycles. The minimum Gasteiger partial charge on any atom is -0.497 e. The minimum absolute atomic E-state index is 0.0811. The van der Waals surface area contributed by atoms with Crippen molar-refractivity contribution in [1.29, 1.82) is 0 Å². The van der Waals surface area contributed by atoms with E-state index in [-0.39, 0.29) is 21.7 Å². The Bertz CT molecular complexity index is 1290. The van der Waals surface area contributed by atoms with E-state index < -0.39 is 20.3 Å². The number of aromatic nitrogens is 2. The highest BCUT2D eigenvalue weighted by Gasteiger charge is 2.22. The van der Waals surface area contributed by atoms with Crippen molar-refractivity contribution in [3.05, 3.63) is 64.0 Å². The number of benzene rings is 2. The molecule has 12 heteroatoms. The van der Waals surface area contributed by atoms with Crippen molar-refractivity contribution in [2.24, 2.45) is 0 Å². The van der Waals surface area contributed by atoms with Gasteiger partial charge in [-0.2, -0.15) is 0 Å². The average Bonchev–Trinajstić information content (AvgIpc) is 2.78. The molecule has 168 valence electrons. The van der Waals surface area contributed by atoms with Gasteiger partial charge in [0.15, 0.2) is 10.1 Å². The molecule has 0 aliphatic carbocycles. The second-order valence-corrected chi connectivity index (χ2v) is 9.56. The van der Waals surface area contributed by atoms with Gasteiger partial charge in [0.05, 0.1) is 36.8 Å². The summed E-state index contributed by atoms with van der Waals surface area (Å²) in [6.45, 7) is 0. The summed E-state index contributed by atoms with van der Waals surface area (Å²) in [5.74, 6) is 0.538. The van der Waals surface area contributed by atoms with Crippen LogP contribution in [0, 0.1) is 0 Å². The molecule has 2 N–H and O–H groups in total. The summed E-state index contributed by atoms with van der Waals surface area (Å²) in [5.41, 5.74) is -0.389. The lowest BCUT2D eigenvalue weighted by Gasteiger charge is -2.11. The highest BCUT2D eigenvalue weighted by molar-refractivity contribution is 7.99. The normalized spacial score (nSPS) is 11.1. The molecule has 2 aromatic carbocycles. The number of hydrogen-bond acceptors (Lipinski definition) is 8. The van der Waals surface area contributed by atoms with Gasteiger partial charge in [-0.3, -0.25) is 9.59 Å². The van der Waals surface area contributed by atoms with Crippen LogP contribution in [0.25, 0.3) is 0 Å². The van der Waals surface area contributed by atoms with Crippen LogP contribution in [0.2, 0.25) is 5.02 Å². The molecule has 0 radical (unpaired) electrons. The number of ether oxygens (including phenoxy) is 2. The summed E-state index contributed by atoms with van der Waals surface area (Å²) in [6.07, 6.45) is 0.968. The van der Waals surface area contributed by atoms with Gasteiger partial charge in [0.25, 0.3) is 5.56 Å². The largest absolute Gasteiger partial charge is 0.497 e. The van der Waals surface area contributed by atoms with Crippen molar-refractivity contribution >= 4 is 44.8 Å². The fraction of sp³-hybridized carbons (Fsp3) is 0.150. The Labute approximate surface area is 193 Å². The summed E-state index contributed by atoms with van der Waals surface area (Å²) in [6, 6.07) is 10.4. The predicted molar refractivity (Wildman–Crippen MR) is 121 cm³/mol. The first kappa shape index (κ1) is 23.6. The number of anilines is 1. The van der Waals surface area contributed by atoms with E-state index in [1.165, 1.54) is 38.5 Å². The number of sulfone groups is 1. The zero-order valence-corrected chi connectivity index (χ0v) is 19.3. The van der Waals surface area contributed by atoms with Crippen LogP contribution in [-0.4, -0.2) is 44.3 Å². The molecule has 0 bridgehead atoms. The second-order valence-electron chi connectivity index (χ2n) is 6.24. The molecule has 1 aromatic heterocycles. The number of carbonyl (C=O) groups is 1. The third kappa shape index (κ3) is 5.42. The maximum atomic E-state index is 12.7. The van der Waals surface area contributed by atoms with Crippen molar-refractivity contribution in [2.45, 2.75) is 14.9 Å². The quantitative estimate of drug-likeness (QED) is 0.360. The monoisotopic (exact) mass is 495 g/mol. The van der Waals surface area contributed by atoms with Crippen molar-refractivity contribution in [3.8, 4) is 11.5 Å². The van der Waals surface area contributed by atoms with E-state index in [1.54, 1.807) is 18.2 Å². The number of H-pyrrole nitrogens is 1. The van der Waals surface area contributed by atoms with Crippen molar-refractivity contribution in [2.75, 3.05) is 25.3 Å². The number of thioether (sulfide) groups is 1. The van der Waals surface area contributed by atoms with Crippen LogP contribution < -0.4 is 20.3 Å². The molecule has 32 heavy (non-hydrogen) atoms. The Morgan fingerprint density at radius 2 is 1.88 bits per heavy atom. The van der Waals surface area contributed by atoms with Gasteiger partial charge in [-0.1, -0.05) is 23.4 Å². The van der Waals surface area contributed by atoms with Crippen molar-refractivity contribution in [3.63, 3.8) is 0 Å². The molecule has 3 aromatic rings. The van der Waals surface area contributed by atoms with Crippen LogP contribution in [0.3, 0.4) is 0 Å². The lowest BCUT2D eigenvalue weighted by atomic mass is 10.2. The average molecular weight is 496 g/mol. The number of amides is 1. The number of methoxy groups -OCH3 is 2.